The Morgan fingerprint density at radius 2 is 2.33 bits per heavy atom. The van der Waals surface area contributed by atoms with Crippen LogP contribution in [0.1, 0.15) is 31.7 Å². The fourth-order valence-corrected chi connectivity index (χ4v) is 2.96. The van der Waals surface area contributed by atoms with Gasteiger partial charge >= 0.3 is 0 Å². The van der Waals surface area contributed by atoms with Crippen molar-refractivity contribution in [2.24, 2.45) is 0 Å². The molecule has 1 aromatic rings. The Morgan fingerprint density at radius 3 is 3.00 bits per heavy atom. The van der Waals surface area contributed by atoms with Crippen LogP contribution in [0.15, 0.2) is 0 Å². The summed E-state index contributed by atoms with van der Waals surface area (Å²) in [6.07, 6.45) is 2.80. The number of nitrogens with one attached hydrogen (secondary N) is 1. The lowest BCUT2D eigenvalue weighted by Gasteiger charge is -2.22. The second kappa shape index (κ2) is 7.01. The Labute approximate surface area is 113 Å². The van der Waals surface area contributed by atoms with Gasteiger partial charge in [-0.15, -0.1) is 10.2 Å². The molecule has 5 nitrogen and oxygen atoms in total. The molecule has 0 bridgehead atoms. The number of anilines is 1. The molecule has 0 saturated carbocycles. The van der Waals surface area contributed by atoms with Crippen LogP contribution in [-0.2, 0) is 11.3 Å². The fourth-order valence-electron chi connectivity index (χ4n) is 2.11. The lowest BCUT2D eigenvalue weighted by Crippen LogP contribution is -2.31. The van der Waals surface area contributed by atoms with Crippen LogP contribution in [0.25, 0.3) is 0 Å². The van der Waals surface area contributed by atoms with Crippen molar-refractivity contribution in [1.29, 1.82) is 0 Å². The van der Waals surface area contributed by atoms with Crippen LogP contribution in [0.4, 0.5) is 5.13 Å². The summed E-state index contributed by atoms with van der Waals surface area (Å²) in [7, 11) is 0. The molecular weight excluding hydrogens is 248 g/mol. The van der Waals surface area contributed by atoms with Crippen molar-refractivity contribution in [2.45, 2.75) is 39.3 Å². The second-order valence-electron chi connectivity index (χ2n) is 4.49. The van der Waals surface area contributed by atoms with E-state index in [0.29, 0.717) is 6.10 Å². The summed E-state index contributed by atoms with van der Waals surface area (Å²) in [5, 5.41) is 13.5. The third-order valence-electron chi connectivity index (χ3n) is 3.09. The molecule has 0 radical (unpaired) electrons. The summed E-state index contributed by atoms with van der Waals surface area (Å²) in [5.41, 5.74) is 0. The van der Waals surface area contributed by atoms with E-state index in [4.69, 9.17) is 4.74 Å². The van der Waals surface area contributed by atoms with Gasteiger partial charge in [0, 0.05) is 19.7 Å². The maximum Gasteiger partial charge on any atom is 0.205 e. The molecule has 1 aromatic heterocycles. The van der Waals surface area contributed by atoms with Crippen molar-refractivity contribution in [2.75, 3.05) is 31.6 Å². The number of ether oxygens (including phenoxy) is 1. The quantitative estimate of drug-likeness (QED) is 0.821. The van der Waals surface area contributed by atoms with Crippen LogP contribution in [0.5, 0.6) is 0 Å². The summed E-state index contributed by atoms with van der Waals surface area (Å²) < 4.78 is 5.68. The van der Waals surface area contributed by atoms with E-state index in [9.17, 15) is 0 Å². The lowest BCUT2D eigenvalue weighted by atomic mass is 10.2. The molecule has 0 aromatic carbocycles. The highest BCUT2D eigenvalue weighted by Gasteiger charge is 2.19. The smallest absolute Gasteiger partial charge is 0.205 e. The van der Waals surface area contributed by atoms with Crippen LogP contribution in [0.2, 0.25) is 0 Å². The predicted octanol–water partition coefficient (Wildman–Crippen LogP) is 1.97. The van der Waals surface area contributed by atoms with Gasteiger partial charge in [0.2, 0.25) is 5.13 Å². The van der Waals surface area contributed by atoms with E-state index in [1.165, 1.54) is 12.8 Å². The van der Waals surface area contributed by atoms with E-state index >= 15 is 0 Å². The molecule has 1 saturated heterocycles. The average molecular weight is 270 g/mol. The van der Waals surface area contributed by atoms with Crippen LogP contribution in [0.3, 0.4) is 0 Å². The number of likely N-dealkylation sites (N-methyl/N-ethyl adjacent to an activating group) is 1. The number of hydrogen-bond acceptors (Lipinski definition) is 6. The van der Waals surface area contributed by atoms with Crippen molar-refractivity contribution in [1.82, 2.24) is 15.1 Å². The van der Waals surface area contributed by atoms with E-state index in [0.717, 1.165) is 42.9 Å². The number of hydrogen-bond donors (Lipinski definition) is 1. The average Bonchev–Trinajstić information content (AvgIpc) is 3.01. The molecule has 0 aliphatic carbocycles. The molecule has 1 aliphatic heterocycles. The van der Waals surface area contributed by atoms with Crippen LogP contribution in [0, 0.1) is 0 Å². The first kappa shape index (κ1) is 13.7. The van der Waals surface area contributed by atoms with Gasteiger partial charge in [0.15, 0.2) is 0 Å². The van der Waals surface area contributed by atoms with Gasteiger partial charge in [-0.25, -0.2) is 0 Å². The van der Waals surface area contributed by atoms with Gasteiger partial charge in [0.1, 0.15) is 5.01 Å². The van der Waals surface area contributed by atoms with Gasteiger partial charge in [-0.1, -0.05) is 18.3 Å². The van der Waals surface area contributed by atoms with Crippen molar-refractivity contribution in [3.63, 3.8) is 0 Å². The summed E-state index contributed by atoms with van der Waals surface area (Å²) >= 11 is 1.64. The highest BCUT2D eigenvalue weighted by Crippen LogP contribution is 2.18. The van der Waals surface area contributed by atoms with Crippen molar-refractivity contribution in [3.05, 3.63) is 5.01 Å². The summed E-state index contributed by atoms with van der Waals surface area (Å²) in [6.45, 7) is 8.97. The molecule has 1 atom stereocenters. The predicted molar refractivity (Wildman–Crippen MR) is 74.0 cm³/mol. The molecule has 1 N–H and O–H groups in total. The Kier molecular flexibility index (Phi) is 5.34. The SMILES string of the molecule is CCNc1nnc(CN(CC)CC2CCCO2)s1. The van der Waals surface area contributed by atoms with Crippen LogP contribution >= 0.6 is 11.3 Å². The molecule has 1 fully saturated rings. The molecule has 2 heterocycles. The van der Waals surface area contributed by atoms with Gasteiger partial charge in [0.25, 0.3) is 0 Å². The Balaban J connectivity index is 1.83. The van der Waals surface area contributed by atoms with Crippen molar-refractivity contribution >= 4 is 16.5 Å². The molecule has 1 aliphatic rings. The van der Waals surface area contributed by atoms with Crippen LogP contribution in [-0.4, -0.2) is 47.4 Å². The highest BCUT2D eigenvalue weighted by atomic mass is 32.1. The van der Waals surface area contributed by atoms with Gasteiger partial charge in [0.05, 0.1) is 12.6 Å². The van der Waals surface area contributed by atoms with Crippen molar-refractivity contribution < 1.29 is 4.74 Å². The molecule has 0 amide bonds. The largest absolute Gasteiger partial charge is 0.377 e. The molecule has 102 valence electrons. The molecule has 0 spiro atoms. The molecule has 2 rings (SSSR count). The lowest BCUT2D eigenvalue weighted by molar-refractivity contribution is 0.0724. The normalized spacial score (nSPS) is 19.6. The summed E-state index contributed by atoms with van der Waals surface area (Å²) in [4.78, 5) is 2.38. The minimum absolute atomic E-state index is 0.408. The second-order valence-corrected chi connectivity index (χ2v) is 5.56. The minimum Gasteiger partial charge on any atom is -0.377 e. The van der Waals surface area contributed by atoms with Gasteiger partial charge < -0.3 is 10.1 Å². The van der Waals surface area contributed by atoms with E-state index in [2.05, 4.69) is 34.3 Å². The third-order valence-corrected chi connectivity index (χ3v) is 3.95. The molecular formula is C12H22N4OS. The molecule has 1 unspecified atom stereocenters. The van der Waals surface area contributed by atoms with E-state index in [-0.39, 0.29) is 0 Å². The van der Waals surface area contributed by atoms with Gasteiger partial charge in [-0.05, 0) is 26.3 Å². The Hall–Kier alpha value is -0.720. The number of aromatic nitrogens is 2. The zero-order valence-electron chi connectivity index (χ0n) is 11.2. The first-order valence-corrected chi connectivity index (χ1v) is 7.53. The topological polar surface area (TPSA) is 50.3 Å². The van der Waals surface area contributed by atoms with Crippen LogP contribution < -0.4 is 5.32 Å². The van der Waals surface area contributed by atoms with E-state index in [1.54, 1.807) is 11.3 Å². The monoisotopic (exact) mass is 270 g/mol. The number of nitrogens with zero attached hydrogens (tertiary/aromatic N) is 3. The maximum absolute atomic E-state index is 5.68. The standard InChI is InChI=1S/C12H22N4OS/c1-3-13-12-15-14-11(18-12)9-16(4-2)8-10-6-5-7-17-10/h10H,3-9H2,1-2H3,(H,13,15). The maximum atomic E-state index is 5.68. The fraction of sp³-hybridized carbons (Fsp3) is 0.833. The highest BCUT2D eigenvalue weighted by molar-refractivity contribution is 7.15. The third kappa shape index (κ3) is 3.90. The van der Waals surface area contributed by atoms with E-state index in [1.807, 2.05) is 0 Å². The molecule has 6 heteroatoms. The van der Waals surface area contributed by atoms with Gasteiger partial charge in [-0.2, -0.15) is 0 Å². The van der Waals surface area contributed by atoms with E-state index < -0.39 is 0 Å². The molecule has 18 heavy (non-hydrogen) atoms. The van der Waals surface area contributed by atoms with Gasteiger partial charge in [-0.3, -0.25) is 4.90 Å². The van der Waals surface area contributed by atoms with Crippen molar-refractivity contribution in [3.8, 4) is 0 Å². The zero-order chi connectivity index (χ0) is 12.8. The minimum atomic E-state index is 0.408. The first-order valence-electron chi connectivity index (χ1n) is 6.72. The number of rotatable bonds is 7. The summed E-state index contributed by atoms with van der Waals surface area (Å²) in [5.74, 6) is 0. The first-order chi connectivity index (χ1) is 8.81. The summed E-state index contributed by atoms with van der Waals surface area (Å²) in [6, 6.07) is 0. The Morgan fingerprint density at radius 1 is 1.44 bits per heavy atom. The Bertz CT molecular complexity index is 352. The zero-order valence-corrected chi connectivity index (χ0v) is 12.0.